The van der Waals surface area contributed by atoms with Crippen LogP contribution in [-0.4, -0.2) is 78.5 Å². The zero-order valence-corrected chi connectivity index (χ0v) is 31.6. The van der Waals surface area contributed by atoms with E-state index in [2.05, 4.69) is 11.8 Å². The summed E-state index contributed by atoms with van der Waals surface area (Å²) in [5.74, 6) is -1.28. The van der Waals surface area contributed by atoms with E-state index in [1.807, 2.05) is 23.1 Å². The number of alkyl halides is 2. The molecule has 3 aliphatic heterocycles. The van der Waals surface area contributed by atoms with Crippen LogP contribution in [-0.2, 0) is 6.42 Å². The Morgan fingerprint density at radius 1 is 0.729 bits per heavy atom. The van der Waals surface area contributed by atoms with Gasteiger partial charge in [-0.1, -0.05) is 12.1 Å². The summed E-state index contributed by atoms with van der Waals surface area (Å²) >= 11 is 0. The number of benzene rings is 4. The highest BCUT2D eigenvalue weighted by molar-refractivity contribution is 5.95. The van der Waals surface area contributed by atoms with Gasteiger partial charge in [0.15, 0.2) is 34.4 Å². The van der Waals surface area contributed by atoms with E-state index < -0.39 is 18.2 Å². The molecule has 14 nitrogen and oxygen atoms in total. The molecule has 0 radical (unpaired) electrons. The van der Waals surface area contributed by atoms with E-state index in [4.69, 9.17) is 38.8 Å². The minimum Gasteiger partial charge on any atom is -0.478 e. The average Bonchev–Trinajstić information content (AvgIpc) is 3.95. The van der Waals surface area contributed by atoms with Gasteiger partial charge in [-0.15, -0.1) is 8.78 Å². The Morgan fingerprint density at radius 2 is 1.41 bits per heavy atom. The highest BCUT2D eigenvalue weighted by Gasteiger charge is 2.46. The summed E-state index contributed by atoms with van der Waals surface area (Å²) in [4.78, 5) is 52.5. The van der Waals surface area contributed by atoms with Gasteiger partial charge in [-0.2, -0.15) is 0 Å². The largest absolute Gasteiger partial charge is 0.586 e. The topological polar surface area (TPSA) is 177 Å². The van der Waals surface area contributed by atoms with E-state index in [1.54, 1.807) is 24.3 Å². The highest BCUT2D eigenvalue weighted by Crippen LogP contribution is 2.48. The summed E-state index contributed by atoms with van der Waals surface area (Å²) in [6.07, 6.45) is 0.540. The Hall–Kier alpha value is -6.97. The second-order valence-electron chi connectivity index (χ2n) is 15.2. The number of anilines is 2. The van der Waals surface area contributed by atoms with E-state index in [1.165, 1.54) is 30.3 Å². The summed E-state index contributed by atoms with van der Waals surface area (Å²) in [6.45, 7) is 3.30. The third kappa shape index (κ3) is 6.53. The van der Waals surface area contributed by atoms with E-state index in [9.17, 15) is 28.6 Å². The second-order valence-corrected chi connectivity index (χ2v) is 15.2. The number of ether oxygens (including phenoxy) is 2. The van der Waals surface area contributed by atoms with Crippen LogP contribution in [0.3, 0.4) is 0 Å². The van der Waals surface area contributed by atoms with Crippen molar-refractivity contribution in [3.05, 3.63) is 89.5 Å². The number of piperidine rings is 1. The number of hydrogen-bond acceptors (Lipinski definition) is 12. The number of fused-ring (bicyclic) bond motifs is 4. The van der Waals surface area contributed by atoms with Crippen LogP contribution in [0.5, 0.6) is 11.5 Å². The van der Waals surface area contributed by atoms with Gasteiger partial charge in [0.05, 0.1) is 33.2 Å². The Bertz CT molecular complexity index is 2840. The number of hydrogen-bond donors (Lipinski definition) is 2. The number of aromatic nitrogens is 5. The Morgan fingerprint density at radius 3 is 2.10 bits per heavy atom. The molecule has 0 bridgehead atoms. The lowest BCUT2D eigenvalue weighted by Crippen LogP contribution is -2.38. The molecule has 4 aromatic carbocycles. The predicted octanol–water partition coefficient (Wildman–Crippen LogP) is 8.36. The minimum absolute atomic E-state index is 0.0493. The maximum Gasteiger partial charge on any atom is 0.586 e. The Kier molecular flexibility index (Phi) is 8.54. The lowest BCUT2D eigenvalue weighted by molar-refractivity contribution is -0.286. The van der Waals surface area contributed by atoms with Gasteiger partial charge in [-0.3, -0.25) is 0 Å². The third-order valence-corrected chi connectivity index (χ3v) is 11.3. The van der Waals surface area contributed by atoms with Crippen molar-refractivity contribution in [3.8, 4) is 34.3 Å². The fourth-order valence-electron chi connectivity index (χ4n) is 8.47. The van der Waals surface area contributed by atoms with Gasteiger partial charge in [0.25, 0.3) is 0 Å². The van der Waals surface area contributed by atoms with Crippen LogP contribution in [0.2, 0.25) is 0 Å². The summed E-state index contributed by atoms with van der Waals surface area (Å²) in [5, 5.41) is 19.5. The van der Waals surface area contributed by atoms with Crippen molar-refractivity contribution in [2.45, 2.75) is 63.8 Å². The molecule has 298 valence electrons. The van der Waals surface area contributed by atoms with Gasteiger partial charge in [0, 0.05) is 36.3 Å². The van der Waals surface area contributed by atoms with Crippen molar-refractivity contribution in [2.75, 3.05) is 22.9 Å². The van der Waals surface area contributed by atoms with Crippen molar-refractivity contribution in [2.24, 2.45) is 0 Å². The van der Waals surface area contributed by atoms with Crippen LogP contribution >= 0.6 is 0 Å². The molecular weight excluding hydrogens is 765 g/mol. The Labute approximate surface area is 334 Å². The standard InChI is InChI=1S/C43H35F2N7O7/c1-22-7-4-5-15-51(22)38-35(46-28-13-11-23(41(53)54)19-31(28)48-38)25-17-26(37-34(21-25)58-43(44,45)59-37)18-27-8-6-16-52(27)39-36(40-50-30-9-2-3-10-33(30)57-40)47-29-14-12-24(42(55)56)20-32(29)49-39/h2-3,9-14,17,19-22,27H,4-8,15-16,18H2,1H3,(H,53,54)(H,55,56). The molecule has 0 aliphatic carbocycles. The quantitative estimate of drug-likeness (QED) is 0.150. The molecule has 2 N–H and O–H groups in total. The molecule has 16 heteroatoms. The molecule has 59 heavy (non-hydrogen) atoms. The van der Waals surface area contributed by atoms with Crippen molar-refractivity contribution in [1.29, 1.82) is 0 Å². The SMILES string of the molecule is CC1CCCCN1c1nc2cc(C(=O)O)ccc2nc1-c1cc(CC2CCCN2c2nc3cc(C(=O)O)ccc3nc2-c2nc3ccccc3o2)c2c(c1)OC(F)(F)O2. The van der Waals surface area contributed by atoms with E-state index in [-0.39, 0.29) is 47.0 Å². The number of carboxylic acids is 2. The van der Waals surface area contributed by atoms with Gasteiger partial charge in [-0.05, 0) is 106 Å². The lowest BCUT2D eigenvalue weighted by atomic mass is 9.97. The summed E-state index contributed by atoms with van der Waals surface area (Å²) in [7, 11) is 0. The fraction of sp³-hybridized carbons (Fsp3) is 0.279. The van der Waals surface area contributed by atoms with Gasteiger partial charge in [0.2, 0.25) is 5.89 Å². The number of para-hydroxylation sites is 2. The first-order valence-corrected chi connectivity index (χ1v) is 19.4. The van der Waals surface area contributed by atoms with Gasteiger partial charge < -0.3 is 33.9 Å². The first-order chi connectivity index (χ1) is 28.5. The number of nitrogens with zero attached hydrogens (tertiary/aromatic N) is 7. The van der Waals surface area contributed by atoms with Crippen LogP contribution in [0.4, 0.5) is 20.4 Å². The molecule has 0 saturated carbocycles. The lowest BCUT2D eigenvalue weighted by Gasteiger charge is -2.35. The van der Waals surface area contributed by atoms with Crippen LogP contribution in [0.1, 0.15) is 65.3 Å². The molecule has 0 amide bonds. The minimum atomic E-state index is -3.91. The van der Waals surface area contributed by atoms with Crippen molar-refractivity contribution in [1.82, 2.24) is 24.9 Å². The number of halogens is 2. The van der Waals surface area contributed by atoms with E-state index >= 15 is 0 Å². The molecule has 2 atom stereocenters. The number of carboxylic acid groups (broad SMARTS) is 2. The number of oxazole rings is 1. The first kappa shape index (κ1) is 36.4. The monoisotopic (exact) mass is 799 g/mol. The van der Waals surface area contributed by atoms with Crippen molar-refractivity contribution in [3.63, 3.8) is 0 Å². The molecule has 2 fully saturated rings. The summed E-state index contributed by atoms with van der Waals surface area (Å²) < 4.78 is 46.4. The van der Waals surface area contributed by atoms with E-state index in [0.717, 1.165) is 25.7 Å². The molecular formula is C43H35F2N7O7. The molecule has 0 spiro atoms. The molecule has 2 unspecified atom stereocenters. The van der Waals surface area contributed by atoms with Gasteiger partial charge in [-0.25, -0.2) is 34.5 Å². The Balaban J connectivity index is 1.10. The summed E-state index contributed by atoms with van der Waals surface area (Å²) in [6, 6.07) is 19.4. The molecule has 3 aromatic heterocycles. The van der Waals surface area contributed by atoms with Gasteiger partial charge in [0.1, 0.15) is 11.2 Å². The molecule has 6 heterocycles. The molecule has 3 aliphatic rings. The zero-order valence-electron chi connectivity index (χ0n) is 31.6. The maximum absolute atomic E-state index is 15.0. The predicted molar refractivity (Wildman–Crippen MR) is 212 cm³/mol. The fourth-order valence-corrected chi connectivity index (χ4v) is 8.47. The number of aromatic carboxylic acids is 2. The summed E-state index contributed by atoms with van der Waals surface area (Å²) in [5.41, 5.74) is 4.65. The van der Waals surface area contributed by atoms with Crippen LogP contribution in [0.25, 0.3) is 56.0 Å². The number of carbonyl (C=O) groups is 2. The van der Waals surface area contributed by atoms with Crippen LogP contribution in [0.15, 0.2) is 77.2 Å². The average molecular weight is 800 g/mol. The molecule has 2 saturated heterocycles. The van der Waals surface area contributed by atoms with Crippen molar-refractivity contribution >= 4 is 56.7 Å². The van der Waals surface area contributed by atoms with Crippen LogP contribution < -0.4 is 19.3 Å². The van der Waals surface area contributed by atoms with E-state index in [0.29, 0.717) is 86.8 Å². The normalized spacial score (nSPS) is 18.6. The first-order valence-electron chi connectivity index (χ1n) is 19.4. The third-order valence-electron chi connectivity index (χ3n) is 11.3. The van der Waals surface area contributed by atoms with Crippen molar-refractivity contribution < 1.29 is 42.5 Å². The van der Waals surface area contributed by atoms with Crippen LogP contribution in [0, 0.1) is 0 Å². The number of rotatable bonds is 8. The maximum atomic E-state index is 15.0. The highest BCUT2D eigenvalue weighted by atomic mass is 19.3. The molecule has 7 aromatic rings. The van der Waals surface area contributed by atoms with Gasteiger partial charge >= 0.3 is 18.2 Å². The zero-order chi connectivity index (χ0) is 40.6. The second kappa shape index (κ2) is 13.9. The molecule has 10 rings (SSSR count). The smallest absolute Gasteiger partial charge is 0.478 e.